The van der Waals surface area contributed by atoms with Crippen LogP contribution in [-0.2, 0) is 6.54 Å². The quantitative estimate of drug-likeness (QED) is 0.708. The van der Waals surface area contributed by atoms with Crippen LogP contribution in [-0.4, -0.2) is 4.57 Å². The summed E-state index contributed by atoms with van der Waals surface area (Å²) in [5, 5.41) is 2.76. The van der Waals surface area contributed by atoms with E-state index in [-0.39, 0.29) is 5.56 Å². The van der Waals surface area contributed by atoms with Crippen LogP contribution in [0.2, 0.25) is 0 Å². The van der Waals surface area contributed by atoms with Gasteiger partial charge in [-0.1, -0.05) is 0 Å². The minimum atomic E-state index is 0.0895. The first kappa shape index (κ1) is 10.0. The largest absolute Gasteiger partial charge is 0.314 e. The topological polar surface area (TPSA) is 22.0 Å². The number of rotatable bonds is 2. The van der Waals surface area contributed by atoms with Gasteiger partial charge in [0.15, 0.2) is 0 Å². The van der Waals surface area contributed by atoms with E-state index in [1.54, 1.807) is 15.9 Å². The Kier molecular flexibility index (Phi) is 2.89. The Morgan fingerprint density at radius 1 is 1.47 bits per heavy atom. The number of thiophene rings is 1. The summed E-state index contributed by atoms with van der Waals surface area (Å²) in [5.41, 5.74) is 0.0895. The average molecular weight is 217 g/mol. The molecule has 15 heavy (non-hydrogen) atoms. The smallest absolute Gasteiger partial charge is 0.259 e. The van der Waals surface area contributed by atoms with Crippen LogP contribution in [0.25, 0.3) is 10.1 Å². The van der Waals surface area contributed by atoms with Crippen LogP contribution >= 0.6 is 11.3 Å². The second-order valence-electron chi connectivity index (χ2n) is 3.19. The Balaban J connectivity index is 2.38. The van der Waals surface area contributed by atoms with E-state index in [4.69, 9.17) is 0 Å². The van der Waals surface area contributed by atoms with E-state index in [0.717, 1.165) is 16.5 Å². The minimum absolute atomic E-state index is 0.0895. The normalized spacial score (nSPS) is 9.93. The van der Waals surface area contributed by atoms with Gasteiger partial charge in [-0.2, -0.15) is 0 Å². The highest BCUT2D eigenvalue weighted by molar-refractivity contribution is 7.17. The highest BCUT2D eigenvalue weighted by atomic mass is 32.1. The molecule has 0 saturated carbocycles. The second-order valence-corrected chi connectivity index (χ2v) is 4.14. The lowest BCUT2D eigenvalue weighted by atomic mass is 10.3. The molecule has 2 nitrogen and oxygen atoms in total. The predicted octanol–water partition coefficient (Wildman–Crippen LogP) is 2.48. The molecule has 0 aromatic carbocycles. The third-order valence-corrected chi connectivity index (χ3v) is 3.13. The van der Waals surface area contributed by atoms with Crippen LogP contribution in [0.4, 0.5) is 0 Å². The lowest BCUT2D eigenvalue weighted by molar-refractivity contribution is 0.696. The van der Waals surface area contributed by atoms with Gasteiger partial charge in [0.05, 0.1) is 5.39 Å². The maximum Gasteiger partial charge on any atom is 0.259 e. The molecule has 0 fully saturated rings. The number of nitrogens with zero attached hydrogens (tertiary/aromatic N) is 1. The lowest BCUT2D eigenvalue weighted by Gasteiger charge is -2.01. The summed E-state index contributed by atoms with van der Waals surface area (Å²) < 4.78 is 2.78. The molecule has 2 rings (SSSR count). The van der Waals surface area contributed by atoms with Crippen molar-refractivity contribution >= 4 is 21.4 Å². The monoisotopic (exact) mass is 217 g/mol. The van der Waals surface area contributed by atoms with Crippen LogP contribution in [0.5, 0.6) is 0 Å². The Bertz CT molecular complexity index is 583. The Morgan fingerprint density at radius 2 is 2.33 bits per heavy atom. The molecule has 0 aliphatic carbocycles. The van der Waals surface area contributed by atoms with Crippen molar-refractivity contribution in [2.45, 2.75) is 19.9 Å². The zero-order valence-electron chi connectivity index (χ0n) is 8.49. The molecule has 0 atom stereocenters. The summed E-state index contributed by atoms with van der Waals surface area (Å²) in [6.45, 7) is 2.48. The maximum atomic E-state index is 11.9. The van der Waals surface area contributed by atoms with E-state index in [0.29, 0.717) is 6.54 Å². The third kappa shape index (κ3) is 1.95. The van der Waals surface area contributed by atoms with Crippen LogP contribution in [0.3, 0.4) is 0 Å². The molecule has 2 aromatic heterocycles. The molecule has 0 amide bonds. The maximum absolute atomic E-state index is 11.9. The molecule has 76 valence electrons. The van der Waals surface area contributed by atoms with Crippen molar-refractivity contribution in [2.75, 3.05) is 0 Å². The first-order chi connectivity index (χ1) is 7.33. The molecular weight excluding hydrogens is 206 g/mol. The van der Waals surface area contributed by atoms with Gasteiger partial charge < -0.3 is 4.57 Å². The van der Waals surface area contributed by atoms with E-state index in [1.165, 1.54) is 0 Å². The van der Waals surface area contributed by atoms with E-state index < -0.39 is 0 Å². The molecule has 0 radical (unpaired) electrons. The van der Waals surface area contributed by atoms with Gasteiger partial charge >= 0.3 is 0 Å². The van der Waals surface area contributed by atoms with E-state index in [9.17, 15) is 4.79 Å². The van der Waals surface area contributed by atoms with Gasteiger partial charge in [0.2, 0.25) is 0 Å². The first-order valence-electron chi connectivity index (χ1n) is 4.79. The van der Waals surface area contributed by atoms with Gasteiger partial charge in [-0.05, 0) is 24.4 Å². The van der Waals surface area contributed by atoms with Crippen molar-refractivity contribution in [3.63, 3.8) is 0 Å². The van der Waals surface area contributed by atoms with Gasteiger partial charge in [-0.25, -0.2) is 0 Å². The number of hydrogen-bond donors (Lipinski definition) is 0. The van der Waals surface area contributed by atoms with Gasteiger partial charge in [0.25, 0.3) is 5.56 Å². The number of fused-ring (bicyclic) bond motifs is 1. The van der Waals surface area contributed by atoms with Crippen LogP contribution in [0, 0.1) is 11.8 Å². The standard InChI is InChI=1S/C12H11NOS/c1-2-3-4-7-13-8-5-11-10(12(13)14)6-9-15-11/h5-6,8-9H,4,7H2,1H3. The number of pyridine rings is 1. The lowest BCUT2D eigenvalue weighted by Crippen LogP contribution is -2.18. The van der Waals surface area contributed by atoms with Gasteiger partial charge in [0, 0.05) is 23.9 Å². The van der Waals surface area contributed by atoms with Crippen molar-refractivity contribution in [2.24, 2.45) is 0 Å². The van der Waals surface area contributed by atoms with Crippen LogP contribution < -0.4 is 5.56 Å². The van der Waals surface area contributed by atoms with E-state index in [1.807, 2.05) is 30.6 Å². The van der Waals surface area contributed by atoms with Gasteiger partial charge in [-0.15, -0.1) is 23.2 Å². The predicted molar refractivity (Wildman–Crippen MR) is 64.2 cm³/mol. The van der Waals surface area contributed by atoms with Gasteiger partial charge in [-0.3, -0.25) is 4.79 Å². The number of aromatic nitrogens is 1. The third-order valence-electron chi connectivity index (χ3n) is 2.25. The Labute approximate surface area is 92.2 Å². The van der Waals surface area contributed by atoms with Crippen molar-refractivity contribution in [1.82, 2.24) is 4.57 Å². The van der Waals surface area contributed by atoms with E-state index in [2.05, 4.69) is 11.8 Å². The van der Waals surface area contributed by atoms with Crippen LogP contribution in [0.1, 0.15) is 13.3 Å². The summed E-state index contributed by atoms with van der Waals surface area (Å²) in [6.07, 6.45) is 2.57. The molecule has 0 N–H and O–H groups in total. The van der Waals surface area contributed by atoms with Crippen molar-refractivity contribution < 1.29 is 0 Å². The fourth-order valence-corrected chi connectivity index (χ4v) is 2.26. The summed E-state index contributed by atoms with van der Waals surface area (Å²) >= 11 is 1.60. The summed E-state index contributed by atoms with van der Waals surface area (Å²) in [6, 6.07) is 3.87. The van der Waals surface area contributed by atoms with Crippen molar-refractivity contribution in [1.29, 1.82) is 0 Å². The average Bonchev–Trinajstić information content (AvgIpc) is 2.70. The highest BCUT2D eigenvalue weighted by Gasteiger charge is 2.02. The first-order valence-corrected chi connectivity index (χ1v) is 5.67. The Hall–Kier alpha value is -1.53. The molecule has 0 aliphatic heterocycles. The fourth-order valence-electron chi connectivity index (χ4n) is 1.48. The zero-order valence-corrected chi connectivity index (χ0v) is 9.30. The van der Waals surface area contributed by atoms with Crippen molar-refractivity contribution in [3.05, 3.63) is 34.1 Å². The number of aryl methyl sites for hydroxylation is 1. The van der Waals surface area contributed by atoms with Crippen LogP contribution in [0.15, 0.2) is 28.5 Å². The molecule has 0 unspecified atom stereocenters. The molecule has 0 aliphatic rings. The highest BCUT2D eigenvalue weighted by Crippen LogP contribution is 2.16. The second kappa shape index (κ2) is 4.33. The fraction of sp³-hybridized carbons (Fsp3) is 0.250. The molecular formula is C12H11NOS. The van der Waals surface area contributed by atoms with E-state index >= 15 is 0 Å². The summed E-state index contributed by atoms with van der Waals surface area (Å²) in [7, 11) is 0. The Morgan fingerprint density at radius 3 is 3.13 bits per heavy atom. The summed E-state index contributed by atoms with van der Waals surface area (Å²) in [5.74, 6) is 5.78. The molecule has 0 bridgehead atoms. The zero-order chi connectivity index (χ0) is 10.7. The summed E-state index contributed by atoms with van der Waals surface area (Å²) in [4.78, 5) is 11.9. The van der Waals surface area contributed by atoms with Crippen molar-refractivity contribution in [3.8, 4) is 11.8 Å². The molecule has 2 aromatic rings. The molecule has 0 saturated heterocycles. The minimum Gasteiger partial charge on any atom is -0.314 e. The molecule has 0 spiro atoms. The van der Waals surface area contributed by atoms with Gasteiger partial charge in [0.1, 0.15) is 0 Å². The SMILES string of the molecule is CC#CCCn1ccc2sccc2c1=O. The molecule has 3 heteroatoms. The molecule has 2 heterocycles. The number of hydrogen-bond acceptors (Lipinski definition) is 2.